The molecule has 0 radical (unpaired) electrons. The van der Waals surface area contributed by atoms with Crippen molar-refractivity contribution in [3.05, 3.63) is 17.6 Å². The summed E-state index contributed by atoms with van der Waals surface area (Å²) in [5.41, 5.74) is 1.29. The van der Waals surface area contributed by atoms with Crippen molar-refractivity contribution in [2.75, 3.05) is 11.9 Å². The Labute approximate surface area is 122 Å². The Morgan fingerprint density at radius 1 is 1.10 bits per heavy atom. The van der Waals surface area contributed by atoms with Crippen molar-refractivity contribution in [2.45, 2.75) is 70.6 Å². The Bertz CT molecular complexity index is 452. The van der Waals surface area contributed by atoms with E-state index in [4.69, 9.17) is 9.97 Å². The number of anilines is 1. The molecule has 0 saturated heterocycles. The molecule has 110 valence electrons. The SMILES string of the molecule is CCNc1cc(C2CCCC2)nc(C2CCC(C)C2)n1. The molecule has 2 unspecified atom stereocenters. The molecule has 3 rings (SSSR count). The van der Waals surface area contributed by atoms with E-state index in [1.165, 1.54) is 50.6 Å². The molecule has 0 aliphatic heterocycles. The highest BCUT2D eigenvalue weighted by atomic mass is 15.0. The van der Waals surface area contributed by atoms with Gasteiger partial charge in [0, 0.05) is 30.1 Å². The molecule has 0 aromatic carbocycles. The number of nitrogens with one attached hydrogen (secondary N) is 1. The largest absolute Gasteiger partial charge is 0.370 e. The van der Waals surface area contributed by atoms with Crippen LogP contribution in [0.1, 0.15) is 82.1 Å². The Morgan fingerprint density at radius 2 is 1.90 bits per heavy atom. The third kappa shape index (κ3) is 2.97. The van der Waals surface area contributed by atoms with Crippen molar-refractivity contribution in [1.29, 1.82) is 0 Å². The van der Waals surface area contributed by atoms with Gasteiger partial charge in [0.15, 0.2) is 0 Å². The van der Waals surface area contributed by atoms with Crippen LogP contribution in [0.3, 0.4) is 0 Å². The van der Waals surface area contributed by atoms with Crippen LogP contribution in [0.25, 0.3) is 0 Å². The monoisotopic (exact) mass is 273 g/mol. The van der Waals surface area contributed by atoms with Crippen LogP contribution in [-0.4, -0.2) is 16.5 Å². The number of aromatic nitrogens is 2. The van der Waals surface area contributed by atoms with Gasteiger partial charge in [0.1, 0.15) is 11.6 Å². The molecule has 2 atom stereocenters. The van der Waals surface area contributed by atoms with Crippen LogP contribution in [0.5, 0.6) is 0 Å². The lowest BCUT2D eigenvalue weighted by molar-refractivity contribution is 0.580. The lowest BCUT2D eigenvalue weighted by atomic mass is 10.0. The van der Waals surface area contributed by atoms with Crippen LogP contribution in [0.15, 0.2) is 6.07 Å². The summed E-state index contributed by atoms with van der Waals surface area (Å²) in [6, 6.07) is 2.20. The van der Waals surface area contributed by atoms with Crippen LogP contribution in [0.2, 0.25) is 0 Å². The van der Waals surface area contributed by atoms with Crippen molar-refractivity contribution >= 4 is 5.82 Å². The average Bonchev–Trinajstić information content (AvgIpc) is 3.09. The molecule has 1 heterocycles. The first kappa shape index (κ1) is 13.8. The van der Waals surface area contributed by atoms with Gasteiger partial charge in [-0.25, -0.2) is 9.97 Å². The Balaban J connectivity index is 1.87. The van der Waals surface area contributed by atoms with Gasteiger partial charge < -0.3 is 5.32 Å². The molecule has 1 N–H and O–H groups in total. The number of rotatable bonds is 4. The average molecular weight is 273 g/mol. The highest BCUT2D eigenvalue weighted by Gasteiger charge is 2.27. The molecule has 1 aromatic heterocycles. The zero-order chi connectivity index (χ0) is 13.9. The Hall–Kier alpha value is -1.12. The number of hydrogen-bond donors (Lipinski definition) is 1. The second kappa shape index (κ2) is 6.11. The number of hydrogen-bond acceptors (Lipinski definition) is 3. The second-order valence-corrected chi connectivity index (χ2v) is 6.66. The van der Waals surface area contributed by atoms with E-state index in [1.54, 1.807) is 0 Å². The summed E-state index contributed by atoms with van der Waals surface area (Å²) in [6.45, 7) is 5.42. The van der Waals surface area contributed by atoms with Gasteiger partial charge in [0.25, 0.3) is 0 Å². The van der Waals surface area contributed by atoms with Gasteiger partial charge in [-0.05, 0) is 44.9 Å². The van der Waals surface area contributed by atoms with Gasteiger partial charge in [0.2, 0.25) is 0 Å². The van der Waals surface area contributed by atoms with Crippen LogP contribution >= 0.6 is 0 Å². The van der Waals surface area contributed by atoms with Crippen molar-refractivity contribution in [1.82, 2.24) is 9.97 Å². The van der Waals surface area contributed by atoms with Gasteiger partial charge in [-0.1, -0.05) is 19.8 Å². The summed E-state index contributed by atoms with van der Waals surface area (Å²) in [7, 11) is 0. The molecule has 20 heavy (non-hydrogen) atoms. The quantitative estimate of drug-likeness (QED) is 0.879. The van der Waals surface area contributed by atoms with Gasteiger partial charge in [-0.15, -0.1) is 0 Å². The van der Waals surface area contributed by atoms with Gasteiger partial charge in [-0.3, -0.25) is 0 Å². The standard InChI is InChI=1S/C17H27N3/c1-3-18-16-11-15(13-6-4-5-7-13)19-17(20-16)14-9-8-12(2)10-14/h11-14H,3-10H2,1-2H3,(H,18,19,20). The van der Waals surface area contributed by atoms with E-state index in [2.05, 4.69) is 25.2 Å². The maximum absolute atomic E-state index is 4.96. The predicted octanol–water partition coefficient (Wildman–Crippen LogP) is 4.47. The maximum atomic E-state index is 4.96. The fourth-order valence-corrected chi connectivity index (χ4v) is 3.81. The normalized spacial score (nSPS) is 27.1. The minimum atomic E-state index is 0.587. The van der Waals surface area contributed by atoms with Gasteiger partial charge in [0.05, 0.1) is 0 Å². The summed E-state index contributed by atoms with van der Waals surface area (Å²) in [6.07, 6.45) is 9.20. The lowest BCUT2D eigenvalue weighted by Gasteiger charge is -2.16. The maximum Gasteiger partial charge on any atom is 0.134 e. The minimum Gasteiger partial charge on any atom is -0.370 e. The summed E-state index contributed by atoms with van der Waals surface area (Å²) < 4.78 is 0. The molecule has 0 spiro atoms. The predicted molar refractivity (Wildman–Crippen MR) is 83.2 cm³/mol. The summed E-state index contributed by atoms with van der Waals surface area (Å²) in [5.74, 6) is 4.24. The molecular formula is C17H27N3. The molecule has 0 bridgehead atoms. The van der Waals surface area contributed by atoms with Crippen molar-refractivity contribution < 1.29 is 0 Å². The fraction of sp³-hybridized carbons (Fsp3) is 0.765. The fourth-order valence-electron chi connectivity index (χ4n) is 3.81. The molecule has 1 aromatic rings. The zero-order valence-electron chi connectivity index (χ0n) is 12.9. The molecular weight excluding hydrogens is 246 g/mol. The van der Waals surface area contributed by atoms with Crippen LogP contribution in [0.4, 0.5) is 5.82 Å². The van der Waals surface area contributed by atoms with E-state index in [9.17, 15) is 0 Å². The molecule has 3 heteroatoms. The highest BCUT2D eigenvalue weighted by Crippen LogP contribution is 2.39. The van der Waals surface area contributed by atoms with Crippen LogP contribution in [-0.2, 0) is 0 Å². The molecule has 3 nitrogen and oxygen atoms in total. The smallest absolute Gasteiger partial charge is 0.134 e. The highest BCUT2D eigenvalue weighted by molar-refractivity contribution is 5.37. The summed E-state index contributed by atoms with van der Waals surface area (Å²) in [4.78, 5) is 9.75. The van der Waals surface area contributed by atoms with Gasteiger partial charge in [-0.2, -0.15) is 0 Å². The summed E-state index contributed by atoms with van der Waals surface area (Å²) >= 11 is 0. The first-order valence-corrected chi connectivity index (χ1v) is 8.39. The molecule has 2 aliphatic carbocycles. The van der Waals surface area contributed by atoms with Crippen molar-refractivity contribution in [3.63, 3.8) is 0 Å². The first-order chi connectivity index (χ1) is 9.76. The van der Waals surface area contributed by atoms with Crippen molar-refractivity contribution in [3.8, 4) is 0 Å². The van der Waals surface area contributed by atoms with E-state index >= 15 is 0 Å². The first-order valence-electron chi connectivity index (χ1n) is 8.39. The zero-order valence-corrected chi connectivity index (χ0v) is 12.9. The second-order valence-electron chi connectivity index (χ2n) is 6.66. The Morgan fingerprint density at radius 3 is 2.55 bits per heavy atom. The molecule has 2 aliphatic rings. The van der Waals surface area contributed by atoms with E-state index in [0.717, 1.165) is 24.1 Å². The topological polar surface area (TPSA) is 37.8 Å². The number of nitrogens with zero attached hydrogens (tertiary/aromatic N) is 2. The summed E-state index contributed by atoms with van der Waals surface area (Å²) in [5, 5.41) is 3.40. The van der Waals surface area contributed by atoms with E-state index in [1.807, 2.05) is 0 Å². The lowest BCUT2D eigenvalue weighted by Crippen LogP contribution is -2.10. The molecule has 2 fully saturated rings. The third-order valence-corrected chi connectivity index (χ3v) is 4.95. The van der Waals surface area contributed by atoms with Crippen LogP contribution in [0, 0.1) is 5.92 Å². The van der Waals surface area contributed by atoms with E-state index < -0.39 is 0 Å². The van der Waals surface area contributed by atoms with Gasteiger partial charge >= 0.3 is 0 Å². The third-order valence-electron chi connectivity index (χ3n) is 4.95. The van der Waals surface area contributed by atoms with E-state index in [-0.39, 0.29) is 0 Å². The molecule has 0 amide bonds. The Kier molecular flexibility index (Phi) is 4.23. The molecule has 2 saturated carbocycles. The van der Waals surface area contributed by atoms with Crippen molar-refractivity contribution in [2.24, 2.45) is 5.92 Å². The van der Waals surface area contributed by atoms with E-state index in [0.29, 0.717) is 11.8 Å². The minimum absolute atomic E-state index is 0.587. The van der Waals surface area contributed by atoms with Crippen LogP contribution < -0.4 is 5.32 Å².